The highest BCUT2D eigenvalue weighted by Gasteiger charge is 2.19. The highest BCUT2D eigenvalue weighted by atomic mass is 35.5. The summed E-state index contributed by atoms with van der Waals surface area (Å²) < 4.78 is 1.79. The van der Waals surface area contributed by atoms with Gasteiger partial charge in [0.15, 0.2) is 4.80 Å². The molecule has 4 nitrogen and oxygen atoms in total. The van der Waals surface area contributed by atoms with Crippen molar-refractivity contribution in [2.75, 3.05) is 0 Å². The highest BCUT2D eigenvalue weighted by Crippen LogP contribution is 2.37. The molecule has 0 radical (unpaired) electrons. The Kier molecular flexibility index (Phi) is 4.72. The molecule has 0 saturated heterocycles. The largest absolute Gasteiger partial charge is 0.493 e. The molecule has 6 heteroatoms. The third kappa shape index (κ3) is 3.24. The van der Waals surface area contributed by atoms with Gasteiger partial charge >= 0.3 is 0 Å². The standard InChI is InChI=1S/C21H18ClN3OS/c1-3-25-20(26)19(27-21(25)24-18-11-7-5-9-16(18)22)12-15-13(2)23-17-10-6-4-8-14(15)17/h4-12,26H,3H2,1-2H3/b15-12+,24-21?. The first-order valence-corrected chi connectivity index (χ1v) is 9.86. The molecule has 0 unspecified atom stereocenters. The fraction of sp³-hybridized carbons (Fsp3) is 0.143. The highest BCUT2D eigenvalue weighted by molar-refractivity contribution is 7.10. The fourth-order valence-corrected chi connectivity index (χ4v) is 4.30. The second-order valence-corrected chi connectivity index (χ2v) is 7.57. The smallest absolute Gasteiger partial charge is 0.211 e. The number of allylic oxidation sites excluding steroid dienone is 1. The summed E-state index contributed by atoms with van der Waals surface area (Å²) in [5.74, 6) is 0.206. The number of fused-ring (bicyclic) bond motifs is 1. The van der Waals surface area contributed by atoms with E-state index in [0.29, 0.717) is 22.1 Å². The number of para-hydroxylation sites is 2. The zero-order valence-electron chi connectivity index (χ0n) is 15.0. The first-order chi connectivity index (χ1) is 13.1. The zero-order valence-corrected chi connectivity index (χ0v) is 16.6. The van der Waals surface area contributed by atoms with E-state index < -0.39 is 0 Å². The molecule has 1 aliphatic heterocycles. The average molecular weight is 396 g/mol. The Morgan fingerprint density at radius 1 is 1.19 bits per heavy atom. The van der Waals surface area contributed by atoms with E-state index in [9.17, 15) is 5.11 Å². The predicted molar refractivity (Wildman–Crippen MR) is 113 cm³/mol. The van der Waals surface area contributed by atoms with Crippen LogP contribution in [0.25, 0.3) is 11.6 Å². The maximum absolute atomic E-state index is 10.7. The molecule has 3 aromatic rings. The summed E-state index contributed by atoms with van der Waals surface area (Å²) in [6.07, 6.45) is 1.99. The van der Waals surface area contributed by atoms with Gasteiger partial charge in [-0.3, -0.25) is 9.56 Å². The van der Waals surface area contributed by atoms with E-state index in [0.717, 1.165) is 27.4 Å². The van der Waals surface area contributed by atoms with E-state index in [1.165, 1.54) is 11.3 Å². The second kappa shape index (κ2) is 7.18. The van der Waals surface area contributed by atoms with Crippen LogP contribution < -0.4 is 4.80 Å². The third-order valence-corrected chi connectivity index (χ3v) is 5.77. The number of hydrogen-bond donors (Lipinski definition) is 1. The van der Waals surface area contributed by atoms with Crippen molar-refractivity contribution in [2.24, 2.45) is 9.98 Å². The molecule has 2 aromatic carbocycles. The van der Waals surface area contributed by atoms with E-state index in [1.54, 1.807) is 4.57 Å². The summed E-state index contributed by atoms with van der Waals surface area (Å²) in [7, 11) is 0. The molecule has 1 N–H and O–H groups in total. The lowest BCUT2D eigenvalue weighted by atomic mass is 10.0. The molecule has 1 aliphatic rings. The number of halogens is 1. The van der Waals surface area contributed by atoms with Crippen molar-refractivity contribution in [3.63, 3.8) is 0 Å². The molecule has 27 heavy (non-hydrogen) atoms. The van der Waals surface area contributed by atoms with Crippen LogP contribution in [-0.4, -0.2) is 15.4 Å². The van der Waals surface area contributed by atoms with Crippen LogP contribution in [0.2, 0.25) is 5.02 Å². The normalized spacial score (nSPS) is 15.3. The molecule has 0 bridgehead atoms. The molecule has 4 rings (SSSR count). The molecular weight excluding hydrogens is 378 g/mol. The van der Waals surface area contributed by atoms with E-state index >= 15 is 0 Å². The first-order valence-electron chi connectivity index (χ1n) is 8.67. The summed E-state index contributed by atoms with van der Waals surface area (Å²) in [6, 6.07) is 15.5. The van der Waals surface area contributed by atoms with Gasteiger partial charge in [0.1, 0.15) is 0 Å². The Bertz CT molecular complexity index is 1150. The molecule has 0 amide bonds. The fourth-order valence-electron chi connectivity index (χ4n) is 3.08. The minimum atomic E-state index is 0.206. The number of hydrogen-bond acceptors (Lipinski definition) is 4. The van der Waals surface area contributed by atoms with Gasteiger partial charge in [-0.15, -0.1) is 0 Å². The van der Waals surface area contributed by atoms with Crippen molar-refractivity contribution in [1.82, 2.24) is 4.57 Å². The Balaban J connectivity index is 1.86. The number of nitrogens with zero attached hydrogens (tertiary/aromatic N) is 3. The molecule has 0 aliphatic carbocycles. The number of aromatic nitrogens is 1. The molecule has 136 valence electrons. The second-order valence-electron chi connectivity index (χ2n) is 6.15. The number of benzene rings is 2. The van der Waals surface area contributed by atoms with Crippen molar-refractivity contribution in [3.8, 4) is 5.88 Å². The van der Waals surface area contributed by atoms with Gasteiger partial charge in [-0.25, -0.2) is 4.99 Å². The van der Waals surface area contributed by atoms with Crippen molar-refractivity contribution < 1.29 is 5.11 Å². The Morgan fingerprint density at radius 2 is 1.93 bits per heavy atom. The van der Waals surface area contributed by atoms with Crippen LogP contribution in [0.15, 0.2) is 58.5 Å². The molecule has 2 heterocycles. The lowest BCUT2D eigenvalue weighted by Crippen LogP contribution is -2.12. The van der Waals surface area contributed by atoms with Gasteiger partial charge in [0.2, 0.25) is 5.88 Å². The number of thiazole rings is 1. The van der Waals surface area contributed by atoms with E-state index in [1.807, 2.05) is 62.4 Å². The van der Waals surface area contributed by atoms with Gasteiger partial charge < -0.3 is 5.11 Å². The van der Waals surface area contributed by atoms with Crippen molar-refractivity contribution in [2.45, 2.75) is 20.4 Å². The van der Waals surface area contributed by atoms with E-state index in [4.69, 9.17) is 11.6 Å². The van der Waals surface area contributed by atoms with E-state index in [-0.39, 0.29) is 5.88 Å². The van der Waals surface area contributed by atoms with Crippen molar-refractivity contribution in [3.05, 3.63) is 68.8 Å². The van der Waals surface area contributed by atoms with Crippen molar-refractivity contribution >= 4 is 51.7 Å². The third-order valence-electron chi connectivity index (χ3n) is 4.44. The molecule has 0 spiro atoms. The van der Waals surface area contributed by atoms with Crippen molar-refractivity contribution in [1.29, 1.82) is 0 Å². The van der Waals surface area contributed by atoms with Gasteiger partial charge in [-0.2, -0.15) is 0 Å². The summed E-state index contributed by atoms with van der Waals surface area (Å²) in [5.41, 5.74) is 4.69. The molecule has 0 atom stereocenters. The van der Waals surface area contributed by atoms with E-state index in [2.05, 4.69) is 16.1 Å². The quantitative estimate of drug-likeness (QED) is 0.597. The Morgan fingerprint density at radius 3 is 2.70 bits per heavy atom. The van der Waals surface area contributed by atoms with Gasteiger partial charge in [0.25, 0.3) is 0 Å². The van der Waals surface area contributed by atoms with Crippen LogP contribution >= 0.6 is 22.9 Å². The maximum atomic E-state index is 10.7. The summed E-state index contributed by atoms with van der Waals surface area (Å²) in [6.45, 7) is 4.57. The van der Waals surface area contributed by atoms with Crippen LogP contribution in [0.1, 0.15) is 24.3 Å². The Hall–Kier alpha value is -2.63. The number of aliphatic imine (C=N–C) groups is 1. The molecule has 0 fully saturated rings. The lowest BCUT2D eigenvalue weighted by Gasteiger charge is -2.02. The van der Waals surface area contributed by atoms with Gasteiger partial charge in [0.05, 0.1) is 21.3 Å². The van der Waals surface area contributed by atoms with Crippen LogP contribution in [0.4, 0.5) is 11.4 Å². The van der Waals surface area contributed by atoms with Crippen LogP contribution in [-0.2, 0) is 6.54 Å². The van der Waals surface area contributed by atoms with Crippen LogP contribution in [0.5, 0.6) is 5.88 Å². The van der Waals surface area contributed by atoms with Gasteiger partial charge in [-0.1, -0.05) is 53.3 Å². The minimum Gasteiger partial charge on any atom is -0.493 e. The topological polar surface area (TPSA) is 49.9 Å². The van der Waals surface area contributed by atoms with Gasteiger partial charge in [0, 0.05) is 23.4 Å². The molecule has 0 saturated carbocycles. The minimum absolute atomic E-state index is 0.206. The monoisotopic (exact) mass is 395 g/mol. The summed E-state index contributed by atoms with van der Waals surface area (Å²) in [5, 5.41) is 11.3. The number of rotatable bonds is 3. The van der Waals surface area contributed by atoms with Crippen LogP contribution in [0.3, 0.4) is 0 Å². The summed E-state index contributed by atoms with van der Waals surface area (Å²) >= 11 is 7.67. The first kappa shape index (κ1) is 17.8. The predicted octanol–water partition coefficient (Wildman–Crippen LogP) is 5.81. The van der Waals surface area contributed by atoms with Gasteiger partial charge in [-0.05, 0) is 38.1 Å². The molecular formula is C21H18ClN3OS. The maximum Gasteiger partial charge on any atom is 0.211 e. The SMILES string of the molecule is CCn1c(O)c(/C=C2\C(C)=Nc3ccccc32)sc1=Nc1ccccc1Cl. The van der Waals surface area contributed by atoms with Crippen LogP contribution in [0, 0.1) is 0 Å². The summed E-state index contributed by atoms with van der Waals surface area (Å²) in [4.78, 5) is 10.7. The Labute approximate surface area is 166 Å². The lowest BCUT2D eigenvalue weighted by molar-refractivity contribution is 0.416. The zero-order chi connectivity index (χ0) is 19.0. The average Bonchev–Trinajstić information content (AvgIpc) is 3.14. The number of aromatic hydroxyl groups is 1. The molecule has 1 aromatic heterocycles.